The van der Waals surface area contributed by atoms with Crippen LogP contribution in [0.15, 0.2) is 59.8 Å². The Balaban J connectivity index is 1.33. The largest absolute Gasteiger partial charge is 0.462 e. The van der Waals surface area contributed by atoms with Crippen molar-refractivity contribution in [2.75, 3.05) is 17.7 Å². The predicted octanol–water partition coefficient (Wildman–Crippen LogP) is 6.08. The molecule has 2 aromatic carbocycles. The van der Waals surface area contributed by atoms with Crippen molar-refractivity contribution >= 4 is 45.7 Å². The monoisotopic (exact) mass is 577 g/mol. The van der Waals surface area contributed by atoms with Gasteiger partial charge in [-0.05, 0) is 50.3 Å². The van der Waals surface area contributed by atoms with E-state index in [0.29, 0.717) is 32.9 Å². The summed E-state index contributed by atoms with van der Waals surface area (Å²) in [6.07, 6.45) is 3.98. The summed E-state index contributed by atoms with van der Waals surface area (Å²) in [6, 6.07) is 15.7. The lowest BCUT2D eigenvalue weighted by molar-refractivity contribution is -0.384. The molecule has 0 saturated carbocycles. The zero-order chi connectivity index (χ0) is 28.1. The van der Waals surface area contributed by atoms with E-state index in [-0.39, 0.29) is 24.6 Å². The number of ether oxygens (including phenoxy) is 1. The summed E-state index contributed by atoms with van der Waals surface area (Å²) in [6.45, 7) is 2.04. The number of fused-ring (bicyclic) bond motifs is 1. The molecule has 1 aliphatic rings. The van der Waals surface area contributed by atoms with Crippen molar-refractivity contribution in [2.45, 2.75) is 44.2 Å². The topological polar surface area (TPSA) is 129 Å². The molecule has 10 nitrogen and oxygen atoms in total. The van der Waals surface area contributed by atoms with E-state index < -0.39 is 10.9 Å². The van der Waals surface area contributed by atoms with Gasteiger partial charge in [-0.25, -0.2) is 4.79 Å². The van der Waals surface area contributed by atoms with Crippen LogP contribution in [0.3, 0.4) is 0 Å². The Labute approximate surface area is 238 Å². The smallest absolute Gasteiger partial charge is 0.341 e. The number of carbonyl (C=O) groups excluding carboxylic acids is 2. The van der Waals surface area contributed by atoms with E-state index in [9.17, 15) is 19.7 Å². The molecule has 0 radical (unpaired) electrons. The zero-order valence-electron chi connectivity index (χ0n) is 21.8. The Bertz CT molecular complexity index is 1550. The lowest BCUT2D eigenvalue weighted by Crippen LogP contribution is -2.16. The molecular formula is C28H27N5O5S2. The van der Waals surface area contributed by atoms with Crippen molar-refractivity contribution in [2.24, 2.45) is 0 Å². The van der Waals surface area contributed by atoms with Crippen LogP contribution in [0.2, 0.25) is 0 Å². The SMILES string of the molecule is CCOC(=O)c1c(NC(=O)CCSc2nnc(-c3cccc([N+](=O)[O-])c3)n2-c2ccccc2)sc2c1CCCC2. The molecule has 0 bridgehead atoms. The van der Waals surface area contributed by atoms with Gasteiger partial charge in [0.15, 0.2) is 11.0 Å². The fourth-order valence-corrected chi connectivity index (χ4v) is 6.80. The van der Waals surface area contributed by atoms with Gasteiger partial charge in [0.1, 0.15) is 5.00 Å². The summed E-state index contributed by atoms with van der Waals surface area (Å²) >= 11 is 2.82. The number of amides is 1. The number of aromatic nitrogens is 3. The van der Waals surface area contributed by atoms with Crippen LogP contribution in [0.25, 0.3) is 17.1 Å². The Hall–Kier alpha value is -4.03. The Kier molecular flexibility index (Phi) is 8.56. The van der Waals surface area contributed by atoms with E-state index in [2.05, 4.69) is 15.5 Å². The fourth-order valence-electron chi connectivity index (χ4n) is 4.62. The van der Waals surface area contributed by atoms with Gasteiger partial charge in [0.25, 0.3) is 5.69 Å². The van der Waals surface area contributed by atoms with Crippen LogP contribution in [0.1, 0.15) is 47.0 Å². The van der Waals surface area contributed by atoms with Gasteiger partial charge in [-0.3, -0.25) is 19.5 Å². The number of benzene rings is 2. The fraction of sp³-hybridized carbons (Fsp3) is 0.286. The molecule has 2 heterocycles. The Morgan fingerprint density at radius 1 is 1.12 bits per heavy atom. The van der Waals surface area contributed by atoms with Crippen LogP contribution in [-0.2, 0) is 22.4 Å². The molecule has 0 aliphatic heterocycles. The second-order valence-electron chi connectivity index (χ2n) is 9.07. The molecule has 12 heteroatoms. The number of nitrogens with zero attached hydrogens (tertiary/aromatic N) is 4. The number of hydrogen-bond acceptors (Lipinski definition) is 9. The quantitative estimate of drug-likeness (QED) is 0.104. The molecule has 1 N–H and O–H groups in total. The van der Waals surface area contributed by atoms with E-state index in [0.717, 1.165) is 41.8 Å². The first-order chi connectivity index (χ1) is 19.5. The van der Waals surface area contributed by atoms with Crippen molar-refractivity contribution in [1.82, 2.24) is 14.8 Å². The molecule has 0 spiro atoms. The number of hydrogen-bond donors (Lipinski definition) is 1. The van der Waals surface area contributed by atoms with Crippen LogP contribution in [0, 0.1) is 10.1 Å². The van der Waals surface area contributed by atoms with Gasteiger partial charge in [-0.2, -0.15) is 0 Å². The van der Waals surface area contributed by atoms with Gasteiger partial charge in [-0.1, -0.05) is 42.1 Å². The number of nitro groups is 1. The van der Waals surface area contributed by atoms with Crippen molar-refractivity contribution in [3.63, 3.8) is 0 Å². The number of aryl methyl sites for hydroxylation is 1. The van der Waals surface area contributed by atoms with Gasteiger partial charge in [0, 0.05) is 40.4 Å². The van der Waals surface area contributed by atoms with Gasteiger partial charge < -0.3 is 10.1 Å². The number of para-hydroxylation sites is 1. The Morgan fingerprint density at radius 2 is 1.93 bits per heavy atom. The number of nitrogens with one attached hydrogen (secondary N) is 1. The Morgan fingerprint density at radius 3 is 2.70 bits per heavy atom. The summed E-state index contributed by atoms with van der Waals surface area (Å²) in [4.78, 5) is 37.7. The first-order valence-corrected chi connectivity index (χ1v) is 14.8. The highest BCUT2D eigenvalue weighted by Crippen LogP contribution is 2.39. The predicted molar refractivity (Wildman–Crippen MR) is 154 cm³/mol. The first-order valence-electron chi connectivity index (χ1n) is 13.0. The molecule has 5 rings (SSSR count). The van der Waals surface area contributed by atoms with E-state index >= 15 is 0 Å². The second-order valence-corrected chi connectivity index (χ2v) is 11.2. The number of non-ortho nitro benzene ring substituents is 1. The third-order valence-electron chi connectivity index (χ3n) is 6.43. The van der Waals surface area contributed by atoms with Crippen molar-refractivity contribution in [3.05, 3.63) is 80.7 Å². The van der Waals surface area contributed by atoms with Crippen LogP contribution in [0.4, 0.5) is 10.7 Å². The lowest BCUT2D eigenvalue weighted by atomic mass is 9.95. The summed E-state index contributed by atoms with van der Waals surface area (Å²) in [5, 5.41) is 24.1. The van der Waals surface area contributed by atoms with Gasteiger partial charge >= 0.3 is 5.97 Å². The molecule has 0 atom stereocenters. The van der Waals surface area contributed by atoms with Gasteiger partial charge in [0.05, 0.1) is 17.1 Å². The summed E-state index contributed by atoms with van der Waals surface area (Å²) in [7, 11) is 0. The maximum Gasteiger partial charge on any atom is 0.341 e. The molecule has 2 aromatic heterocycles. The minimum Gasteiger partial charge on any atom is -0.462 e. The van der Waals surface area contributed by atoms with Gasteiger partial charge in [-0.15, -0.1) is 21.5 Å². The molecule has 0 unspecified atom stereocenters. The van der Waals surface area contributed by atoms with E-state index in [4.69, 9.17) is 4.74 Å². The first kappa shape index (κ1) is 27.5. The zero-order valence-corrected chi connectivity index (χ0v) is 23.4. The highest BCUT2D eigenvalue weighted by molar-refractivity contribution is 7.99. The average Bonchev–Trinajstić information content (AvgIpc) is 3.55. The molecule has 0 saturated heterocycles. The van der Waals surface area contributed by atoms with Crippen LogP contribution < -0.4 is 5.32 Å². The maximum absolute atomic E-state index is 13.0. The molecule has 4 aromatic rings. The number of carbonyl (C=O) groups is 2. The number of rotatable bonds is 10. The molecule has 1 aliphatic carbocycles. The highest BCUT2D eigenvalue weighted by Gasteiger charge is 2.27. The molecule has 40 heavy (non-hydrogen) atoms. The maximum atomic E-state index is 13.0. The normalized spacial score (nSPS) is 12.5. The van der Waals surface area contributed by atoms with Crippen molar-refractivity contribution in [1.29, 1.82) is 0 Å². The molecular weight excluding hydrogens is 550 g/mol. The second kappa shape index (κ2) is 12.4. The molecule has 1 amide bonds. The van der Waals surface area contributed by atoms with E-state index in [1.54, 1.807) is 19.1 Å². The average molecular weight is 578 g/mol. The van der Waals surface area contributed by atoms with Crippen LogP contribution in [-0.4, -0.2) is 43.9 Å². The summed E-state index contributed by atoms with van der Waals surface area (Å²) in [5.41, 5.74) is 2.81. The van der Waals surface area contributed by atoms with Crippen LogP contribution in [0.5, 0.6) is 0 Å². The minimum absolute atomic E-state index is 0.0385. The standard InChI is InChI=1S/C28H27N5O5S2/c1-2-38-27(35)24-21-13-6-7-14-22(21)40-26(24)29-23(34)15-16-39-28-31-30-25(32(28)19-10-4-3-5-11-19)18-9-8-12-20(17-18)33(36)37/h3-5,8-12,17H,2,6-7,13-16H2,1H3,(H,29,34). The van der Waals surface area contributed by atoms with Gasteiger partial charge in [0.2, 0.25) is 5.91 Å². The number of thioether (sulfide) groups is 1. The number of anilines is 1. The van der Waals surface area contributed by atoms with Crippen molar-refractivity contribution < 1.29 is 19.2 Å². The third-order valence-corrected chi connectivity index (χ3v) is 8.56. The minimum atomic E-state index is -0.446. The number of nitro benzene ring substituents is 1. The summed E-state index contributed by atoms with van der Waals surface area (Å²) < 4.78 is 7.11. The lowest BCUT2D eigenvalue weighted by Gasteiger charge is -2.12. The molecule has 206 valence electrons. The van der Waals surface area contributed by atoms with Crippen LogP contribution >= 0.6 is 23.1 Å². The van der Waals surface area contributed by atoms with E-state index in [1.165, 1.54) is 35.2 Å². The number of esters is 1. The number of thiophene rings is 1. The summed E-state index contributed by atoms with van der Waals surface area (Å²) in [5.74, 6) is 0.272. The van der Waals surface area contributed by atoms with Crippen molar-refractivity contribution in [3.8, 4) is 17.1 Å². The highest BCUT2D eigenvalue weighted by atomic mass is 32.2. The third kappa shape index (κ3) is 5.92. The van der Waals surface area contributed by atoms with E-state index in [1.807, 2.05) is 34.9 Å². The molecule has 0 fully saturated rings.